The Balaban J connectivity index is 1.07. The number of sulfonamides is 1. The van der Waals surface area contributed by atoms with E-state index in [1.54, 1.807) is 18.2 Å². The van der Waals surface area contributed by atoms with Crippen LogP contribution in [0.2, 0.25) is 0 Å². The zero-order valence-electron chi connectivity index (χ0n) is 20.0. The quantitative estimate of drug-likeness (QED) is 0.591. The highest BCUT2D eigenvalue weighted by molar-refractivity contribution is 7.90. The van der Waals surface area contributed by atoms with Crippen LogP contribution in [0.5, 0.6) is 0 Å². The van der Waals surface area contributed by atoms with Gasteiger partial charge in [0.15, 0.2) is 5.84 Å². The van der Waals surface area contributed by atoms with Gasteiger partial charge >= 0.3 is 0 Å². The Morgan fingerprint density at radius 3 is 2.46 bits per heavy atom. The molecule has 5 rings (SSSR count). The van der Waals surface area contributed by atoms with Crippen molar-refractivity contribution in [3.63, 3.8) is 0 Å². The molecular weight excluding hydrogens is 462 g/mol. The minimum Gasteiger partial charge on any atom is -0.354 e. The van der Waals surface area contributed by atoms with Gasteiger partial charge in [0.1, 0.15) is 10.9 Å². The summed E-state index contributed by atoms with van der Waals surface area (Å²) in [6.07, 6.45) is 2.44. The van der Waals surface area contributed by atoms with Crippen LogP contribution in [0.25, 0.3) is 0 Å². The molecule has 2 aromatic rings. The van der Waals surface area contributed by atoms with Crippen molar-refractivity contribution in [2.45, 2.75) is 36.7 Å². The summed E-state index contributed by atoms with van der Waals surface area (Å²) >= 11 is 0. The lowest BCUT2D eigenvalue weighted by molar-refractivity contribution is -0.124. The number of piperazine rings is 1. The van der Waals surface area contributed by atoms with Gasteiger partial charge in [-0.2, -0.15) is 8.42 Å². The van der Waals surface area contributed by atoms with Crippen LogP contribution >= 0.6 is 0 Å². The van der Waals surface area contributed by atoms with Crippen LogP contribution in [0.1, 0.15) is 30.4 Å². The van der Waals surface area contributed by atoms with E-state index in [0.717, 1.165) is 52.1 Å². The summed E-state index contributed by atoms with van der Waals surface area (Å²) in [6.45, 7) is 7.43. The van der Waals surface area contributed by atoms with E-state index in [9.17, 15) is 13.2 Å². The monoisotopic (exact) mass is 495 g/mol. The second-order valence-electron chi connectivity index (χ2n) is 9.49. The first-order valence-corrected chi connectivity index (χ1v) is 13.9. The Bertz CT molecular complexity index is 1180. The molecule has 0 spiro atoms. The third-order valence-electron chi connectivity index (χ3n) is 7.10. The van der Waals surface area contributed by atoms with Gasteiger partial charge in [-0.15, -0.1) is 4.40 Å². The summed E-state index contributed by atoms with van der Waals surface area (Å²) in [5.41, 5.74) is 1.95. The molecule has 0 unspecified atom stereocenters. The maximum atomic E-state index is 13.0. The van der Waals surface area contributed by atoms with Crippen LogP contribution in [-0.4, -0.2) is 86.7 Å². The molecule has 0 bridgehead atoms. The topological polar surface area (TPSA) is 85.3 Å². The lowest BCUT2D eigenvalue weighted by atomic mass is 10.1. The zero-order chi connectivity index (χ0) is 24.3. The molecule has 0 radical (unpaired) electrons. The molecule has 35 heavy (non-hydrogen) atoms. The number of hydrogen-bond donors (Lipinski definition) is 1. The fourth-order valence-electron chi connectivity index (χ4n) is 5.23. The highest BCUT2D eigenvalue weighted by atomic mass is 32.2. The van der Waals surface area contributed by atoms with Crippen LogP contribution in [0.3, 0.4) is 0 Å². The van der Waals surface area contributed by atoms with E-state index in [2.05, 4.69) is 49.8 Å². The van der Waals surface area contributed by atoms with Crippen LogP contribution < -0.4 is 5.32 Å². The van der Waals surface area contributed by atoms with Crippen molar-refractivity contribution in [1.29, 1.82) is 0 Å². The highest BCUT2D eigenvalue weighted by Gasteiger charge is 2.39. The first-order chi connectivity index (χ1) is 17.0. The largest absolute Gasteiger partial charge is 0.354 e. The molecule has 3 heterocycles. The minimum absolute atomic E-state index is 0.0420. The molecule has 9 heteroatoms. The van der Waals surface area contributed by atoms with E-state index in [0.29, 0.717) is 30.9 Å². The normalized spacial score (nSPS) is 22.1. The second-order valence-corrected chi connectivity index (χ2v) is 11.1. The van der Waals surface area contributed by atoms with Crippen molar-refractivity contribution in [2.24, 2.45) is 4.40 Å². The van der Waals surface area contributed by atoms with Gasteiger partial charge in [-0.1, -0.05) is 42.5 Å². The van der Waals surface area contributed by atoms with Crippen molar-refractivity contribution in [2.75, 3.05) is 45.8 Å². The van der Waals surface area contributed by atoms with Crippen LogP contribution in [-0.2, 0) is 21.4 Å². The Morgan fingerprint density at radius 1 is 0.943 bits per heavy atom. The van der Waals surface area contributed by atoms with E-state index in [-0.39, 0.29) is 16.8 Å². The molecule has 0 aliphatic carbocycles. The van der Waals surface area contributed by atoms with E-state index in [1.807, 2.05) is 11.0 Å². The number of likely N-dealkylation sites (tertiary alicyclic amines) is 1. The predicted octanol–water partition coefficient (Wildman–Crippen LogP) is 1.92. The summed E-state index contributed by atoms with van der Waals surface area (Å²) in [6, 6.07) is 17.1. The van der Waals surface area contributed by atoms with E-state index in [4.69, 9.17) is 0 Å². The smallest absolute Gasteiger partial charge is 0.285 e. The van der Waals surface area contributed by atoms with Crippen LogP contribution in [0.15, 0.2) is 63.9 Å². The molecule has 2 saturated heterocycles. The minimum atomic E-state index is -3.69. The number of nitrogens with zero attached hydrogens (tertiary/aromatic N) is 4. The lowest BCUT2D eigenvalue weighted by Gasteiger charge is -2.34. The van der Waals surface area contributed by atoms with Crippen LogP contribution in [0, 0.1) is 0 Å². The molecule has 0 saturated carbocycles. The number of carbonyl (C=O) groups excluding carboxylic acids is 1. The van der Waals surface area contributed by atoms with E-state index in [1.165, 1.54) is 5.56 Å². The average molecular weight is 496 g/mol. The van der Waals surface area contributed by atoms with Gasteiger partial charge in [0.2, 0.25) is 5.91 Å². The van der Waals surface area contributed by atoms with Gasteiger partial charge in [-0.05, 0) is 43.5 Å². The van der Waals surface area contributed by atoms with Gasteiger partial charge in [0.25, 0.3) is 10.0 Å². The summed E-state index contributed by atoms with van der Waals surface area (Å²) in [7, 11) is -3.69. The molecule has 1 atom stereocenters. The van der Waals surface area contributed by atoms with Crippen LogP contribution in [0.4, 0.5) is 0 Å². The lowest BCUT2D eigenvalue weighted by Crippen LogP contribution is -2.47. The molecule has 2 fully saturated rings. The Hall–Kier alpha value is -2.75. The predicted molar refractivity (Wildman–Crippen MR) is 136 cm³/mol. The van der Waals surface area contributed by atoms with Gasteiger partial charge in [-0.3, -0.25) is 9.69 Å². The molecule has 8 nitrogen and oxygen atoms in total. The third-order valence-corrected chi connectivity index (χ3v) is 8.43. The standard InChI is InChI=1S/C26H33N5O3S/c32-26(23-11-6-15-31(23)25-22-10-4-5-12-24(22)35(33,34)28-25)27-13-7-14-29-16-18-30(19-17-29)20-21-8-2-1-3-9-21/h1-5,8-10,12,23H,6-7,11,13-20H2,(H,27,32)/t23-/m0/s1. The molecule has 3 aliphatic rings. The third kappa shape index (κ3) is 5.42. The highest BCUT2D eigenvalue weighted by Crippen LogP contribution is 2.31. The molecule has 186 valence electrons. The fourth-order valence-corrected chi connectivity index (χ4v) is 6.45. The molecular formula is C26H33N5O3S. The molecule has 2 aromatic carbocycles. The number of fused-ring (bicyclic) bond motifs is 1. The van der Waals surface area contributed by atoms with Crippen molar-refractivity contribution < 1.29 is 13.2 Å². The molecule has 3 aliphatic heterocycles. The first-order valence-electron chi connectivity index (χ1n) is 12.5. The van der Waals surface area contributed by atoms with Gasteiger partial charge < -0.3 is 15.1 Å². The van der Waals surface area contributed by atoms with E-state index < -0.39 is 10.0 Å². The zero-order valence-corrected chi connectivity index (χ0v) is 20.8. The van der Waals surface area contributed by atoms with Crippen molar-refractivity contribution >= 4 is 21.8 Å². The van der Waals surface area contributed by atoms with Gasteiger partial charge in [0, 0.05) is 51.4 Å². The average Bonchev–Trinajstić information content (AvgIpc) is 3.46. The number of amides is 1. The second kappa shape index (κ2) is 10.5. The summed E-state index contributed by atoms with van der Waals surface area (Å²) in [4.78, 5) is 20.0. The Morgan fingerprint density at radius 2 is 1.66 bits per heavy atom. The molecule has 1 N–H and O–H groups in total. The van der Waals surface area contributed by atoms with E-state index >= 15 is 0 Å². The number of carbonyl (C=O) groups is 1. The summed E-state index contributed by atoms with van der Waals surface area (Å²) in [5.74, 6) is 0.367. The van der Waals surface area contributed by atoms with Crippen molar-refractivity contribution in [3.8, 4) is 0 Å². The van der Waals surface area contributed by atoms with Crippen molar-refractivity contribution in [3.05, 3.63) is 65.7 Å². The summed E-state index contributed by atoms with van der Waals surface area (Å²) < 4.78 is 28.9. The summed E-state index contributed by atoms with van der Waals surface area (Å²) in [5, 5.41) is 3.08. The maximum Gasteiger partial charge on any atom is 0.285 e. The fraction of sp³-hybridized carbons (Fsp3) is 0.462. The Kier molecular flexibility index (Phi) is 7.17. The van der Waals surface area contributed by atoms with Gasteiger partial charge in [-0.25, -0.2) is 0 Å². The van der Waals surface area contributed by atoms with Gasteiger partial charge in [0.05, 0.1) is 0 Å². The number of nitrogens with one attached hydrogen (secondary N) is 1. The number of benzene rings is 2. The Labute approximate surface area is 207 Å². The number of hydrogen-bond acceptors (Lipinski definition) is 6. The molecule has 1 amide bonds. The van der Waals surface area contributed by atoms with Crippen molar-refractivity contribution in [1.82, 2.24) is 20.0 Å². The SMILES string of the molecule is O=C(NCCCN1CCN(Cc2ccccc2)CC1)[C@@H]1CCCN1C1=NS(=O)(=O)c2ccccc21. The molecule has 0 aromatic heterocycles. The number of amidine groups is 1. The first kappa shape index (κ1) is 24.0. The maximum absolute atomic E-state index is 13.0. The number of rotatable bonds is 7.